The number of halogens is 3. The smallest absolute Gasteiger partial charge is 0.374 e. The van der Waals surface area contributed by atoms with E-state index in [0.717, 1.165) is 6.07 Å². The van der Waals surface area contributed by atoms with Crippen LogP contribution in [0.15, 0.2) is 48.5 Å². The average molecular weight is 393 g/mol. The Bertz CT molecular complexity index is 833. The van der Waals surface area contributed by atoms with Gasteiger partial charge in [0.25, 0.3) is 0 Å². The van der Waals surface area contributed by atoms with Crippen molar-refractivity contribution < 1.29 is 22.8 Å². The van der Waals surface area contributed by atoms with Crippen LogP contribution < -0.4 is 16.0 Å². The summed E-state index contributed by atoms with van der Waals surface area (Å²) in [6, 6.07) is 10.7. The van der Waals surface area contributed by atoms with Gasteiger partial charge in [-0.05, 0) is 43.3 Å². The molecule has 0 aromatic heterocycles. The zero-order chi connectivity index (χ0) is 20.9. The monoisotopic (exact) mass is 393 g/mol. The van der Waals surface area contributed by atoms with Gasteiger partial charge in [0.15, 0.2) is 0 Å². The Labute approximate surface area is 161 Å². The van der Waals surface area contributed by atoms with Crippen LogP contribution in [0.5, 0.6) is 0 Å². The van der Waals surface area contributed by atoms with E-state index in [4.69, 9.17) is 0 Å². The minimum Gasteiger partial charge on any atom is -0.374 e. The highest BCUT2D eigenvalue weighted by atomic mass is 19.4. The summed E-state index contributed by atoms with van der Waals surface area (Å²) in [7, 11) is 0. The van der Waals surface area contributed by atoms with Crippen molar-refractivity contribution in [2.75, 3.05) is 16.0 Å². The fraction of sp³-hybridized carbons (Fsp3) is 0.300. The van der Waals surface area contributed by atoms with Gasteiger partial charge in [-0.15, -0.1) is 0 Å². The molecule has 8 heteroatoms. The quantitative estimate of drug-likeness (QED) is 0.664. The van der Waals surface area contributed by atoms with Crippen molar-refractivity contribution in [3.63, 3.8) is 0 Å². The van der Waals surface area contributed by atoms with Gasteiger partial charge in [-0.3, -0.25) is 9.59 Å². The Morgan fingerprint density at radius 2 is 1.39 bits per heavy atom. The molecular weight excluding hydrogens is 371 g/mol. The molecule has 0 heterocycles. The fourth-order valence-corrected chi connectivity index (χ4v) is 2.33. The van der Waals surface area contributed by atoms with Gasteiger partial charge in [0.05, 0.1) is 11.3 Å². The van der Waals surface area contributed by atoms with Gasteiger partial charge in [0.1, 0.15) is 6.04 Å². The maximum atomic E-state index is 13.0. The van der Waals surface area contributed by atoms with E-state index in [1.807, 2.05) is 0 Å². The molecule has 0 bridgehead atoms. The van der Waals surface area contributed by atoms with E-state index in [-0.39, 0.29) is 17.5 Å². The first kappa shape index (κ1) is 21.3. The van der Waals surface area contributed by atoms with Gasteiger partial charge in [-0.2, -0.15) is 13.2 Å². The van der Waals surface area contributed by atoms with Crippen LogP contribution in [-0.2, 0) is 15.8 Å². The molecule has 0 radical (unpaired) electrons. The molecule has 150 valence electrons. The molecule has 28 heavy (non-hydrogen) atoms. The summed E-state index contributed by atoms with van der Waals surface area (Å²) in [4.78, 5) is 24.0. The van der Waals surface area contributed by atoms with E-state index in [0.29, 0.717) is 11.4 Å². The molecular formula is C20H22F3N3O2. The predicted molar refractivity (Wildman–Crippen MR) is 103 cm³/mol. The number of alkyl halides is 3. The van der Waals surface area contributed by atoms with Gasteiger partial charge in [-0.1, -0.05) is 26.0 Å². The highest BCUT2D eigenvalue weighted by Gasteiger charge is 2.33. The van der Waals surface area contributed by atoms with Crippen LogP contribution in [0.4, 0.5) is 30.2 Å². The minimum atomic E-state index is -4.56. The van der Waals surface area contributed by atoms with E-state index in [2.05, 4.69) is 16.0 Å². The third-order valence-electron chi connectivity index (χ3n) is 3.94. The molecule has 0 spiro atoms. The van der Waals surface area contributed by atoms with E-state index in [9.17, 15) is 22.8 Å². The number of hydrogen-bond acceptors (Lipinski definition) is 3. The van der Waals surface area contributed by atoms with Crippen molar-refractivity contribution in [1.29, 1.82) is 0 Å². The Morgan fingerprint density at radius 1 is 0.821 bits per heavy atom. The summed E-state index contributed by atoms with van der Waals surface area (Å²) in [6.45, 7) is 5.10. The van der Waals surface area contributed by atoms with Gasteiger partial charge in [0, 0.05) is 17.3 Å². The van der Waals surface area contributed by atoms with Crippen molar-refractivity contribution in [3.05, 3.63) is 54.1 Å². The maximum absolute atomic E-state index is 13.0. The Kier molecular flexibility index (Phi) is 6.66. The van der Waals surface area contributed by atoms with Crippen molar-refractivity contribution in [2.45, 2.75) is 33.0 Å². The van der Waals surface area contributed by atoms with Crippen LogP contribution >= 0.6 is 0 Å². The minimum absolute atomic E-state index is 0.114. The van der Waals surface area contributed by atoms with Crippen molar-refractivity contribution in [1.82, 2.24) is 0 Å². The summed E-state index contributed by atoms with van der Waals surface area (Å²) in [5.74, 6) is -0.869. The first-order valence-electron chi connectivity index (χ1n) is 8.72. The summed E-state index contributed by atoms with van der Waals surface area (Å²) >= 11 is 0. The number of hydrogen-bond donors (Lipinski definition) is 3. The highest BCUT2D eigenvalue weighted by Crippen LogP contribution is 2.34. The lowest BCUT2D eigenvalue weighted by molar-refractivity contribution is -0.137. The van der Waals surface area contributed by atoms with Crippen LogP contribution in [0.1, 0.15) is 26.3 Å². The maximum Gasteiger partial charge on any atom is 0.418 e. The summed E-state index contributed by atoms with van der Waals surface area (Å²) < 4.78 is 39.1. The number of carbonyl (C=O) groups is 2. The molecule has 0 aliphatic heterocycles. The number of anilines is 3. The van der Waals surface area contributed by atoms with Gasteiger partial charge >= 0.3 is 6.18 Å². The van der Waals surface area contributed by atoms with Gasteiger partial charge in [0.2, 0.25) is 11.8 Å². The number of carbonyl (C=O) groups excluding carboxylic acids is 2. The summed E-state index contributed by atoms with van der Waals surface area (Å²) in [5, 5.41) is 7.97. The van der Waals surface area contributed by atoms with Crippen molar-refractivity contribution >= 4 is 28.9 Å². The van der Waals surface area contributed by atoms with Crippen molar-refractivity contribution in [2.24, 2.45) is 5.92 Å². The second-order valence-corrected chi connectivity index (χ2v) is 6.62. The number of para-hydroxylation sites is 1. The molecule has 2 aromatic rings. The SMILES string of the molecule is CC(C)C(=O)Nc1ccc(NC(C)C(=O)Nc2ccccc2C(F)(F)F)cc1. The number of nitrogens with one attached hydrogen (secondary N) is 3. The van der Waals surface area contributed by atoms with E-state index in [1.54, 1.807) is 45.0 Å². The largest absolute Gasteiger partial charge is 0.418 e. The predicted octanol–water partition coefficient (Wildman–Crippen LogP) is 4.74. The molecule has 1 unspecified atom stereocenters. The van der Waals surface area contributed by atoms with Gasteiger partial charge in [-0.25, -0.2) is 0 Å². The Balaban J connectivity index is 2.01. The summed E-state index contributed by atoms with van der Waals surface area (Å²) in [6.07, 6.45) is -4.56. The molecule has 0 fully saturated rings. The lowest BCUT2D eigenvalue weighted by Gasteiger charge is -2.18. The number of benzene rings is 2. The number of rotatable bonds is 6. The Morgan fingerprint density at radius 3 is 1.96 bits per heavy atom. The Hall–Kier alpha value is -3.03. The van der Waals surface area contributed by atoms with Gasteiger partial charge < -0.3 is 16.0 Å². The van der Waals surface area contributed by atoms with Crippen LogP contribution in [0.25, 0.3) is 0 Å². The molecule has 0 saturated heterocycles. The number of amides is 2. The highest BCUT2D eigenvalue weighted by molar-refractivity contribution is 5.97. The molecule has 2 aromatic carbocycles. The van der Waals surface area contributed by atoms with Crippen LogP contribution in [-0.4, -0.2) is 17.9 Å². The molecule has 0 saturated carbocycles. The van der Waals surface area contributed by atoms with Crippen LogP contribution in [0.3, 0.4) is 0 Å². The molecule has 1 atom stereocenters. The first-order chi connectivity index (χ1) is 13.1. The van der Waals surface area contributed by atoms with Crippen LogP contribution in [0.2, 0.25) is 0 Å². The standard InChI is InChI=1S/C20H22F3N3O2/c1-12(2)18(27)25-15-10-8-14(9-11-15)24-13(3)19(28)26-17-7-5-4-6-16(17)20(21,22)23/h4-13,24H,1-3H3,(H,25,27)(H,26,28). The lowest BCUT2D eigenvalue weighted by Crippen LogP contribution is -2.32. The molecule has 0 aliphatic rings. The third kappa shape index (κ3) is 5.73. The molecule has 2 amide bonds. The first-order valence-corrected chi connectivity index (χ1v) is 8.72. The lowest BCUT2D eigenvalue weighted by atomic mass is 10.1. The molecule has 3 N–H and O–H groups in total. The average Bonchev–Trinajstić information content (AvgIpc) is 2.62. The molecule has 5 nitrogen and oxygen atoms in total. The zero-order valence-electron chi connectivity index (χ0n) is 15.7. The summed E-state index contributed by atoms with van der Waals surface area (Å²) in [5.41, 5.74) is 0.0101. The normalized spacial score (nSPS) is 12.4. The third-order valence-corrected chi connectivity index (χ3v) is 3.94. The molecule has 2 rings (SSSR count). The van der Waals surface area contributed by atoms with E-state index in [1.165, 1.54) is 18.2 Å². The van der Waals surface area contributed by atoms with Crippen molar-refractivity contribution in [3.8, 4) is 0 Å². The van der Waals surface area contributed by atoms with E-state index < -0.39 is 23.7 Å². The fourth-order valence-electron chi connectivity index (χ4n) is 2.33. The topological polar surface area (TPSA) is 70.2 Å². The second-order valence-electron chi connectivity index (χ2n) is 6.62. The second kappa shape index (κ2) is 8.77. The van der Waals surface area contributed by atoms with Crippen LogP contribution in [0, 0.1) is 5.92 Å². The molecule has 0 aliphatic carbocycles. The zero-order valence-corrected chi connectivity index (χ0v) is 15.7. The van der Waals surface area contributed by atoms with E-state index >= 15 is 0 Å².